The van der Waals surface area contributed by atoms with E-state index in [9.17, 15) is 5.11 Å². The molecule has 0 spiro atoms. The van der Waals surface area contributed by atoms with E-state index in [1.807, 2.05) is 6.92 Å². The number of anilines is 2. The third-order valence-corrected chi connectivity index (χ3v) is 6.76. The number of nitrogens with one attached hydrogen (secondary N) is 1. The number of hydrogen-bond donors (Lipinski definition) is 3. The van der Waals surface area contributed by atoms with Crippen LogP contribution in [0.1, 0.15) is 38.1 Å². The minimum atomic E-state index is -0.216. The summed E-state index contributed by atoms with van der Waals surface area (Å²) < 4.78 is 0. The molecule has 29 heavy (non-hydrogen) atoms. The summed E-state index contributed by atoms with van der Waals surface area (Å²) in [6, 6.07) is 1.92. The van der Waals surface area contributed by atoms with Crippen molar-refractivity contribution >= 4 is 34.8 Å². The van der Waals surface area contributed by atoms with Crippen LogP contribution < -0.4 is 16.0 Å². The van der Waals surface area contributed by atoms with Crippen LogP contribution in [-0.2, 0) is 6.61 Å². The fourth-order valence-electron chi connectivity index (χ4n) is 3.64. The molecule has 1 atom stereocenters. The Kier molecular flexibility index (Phi) is 6.53. The number of hydrogen-bond acceptors (Lipinski definition) is 7. The van der Waals surface area contributed by atoms with Crippen LogP contribution in [0.25, 0.3) is 11.3 Å². The van der Waals surface area contributed by atoms with Crippen LogP contribution in [0.2, 0.25) is 10.2 Å². The van der Waals surface area contributed by atoms with E-state index in [1.165, 1.54) is 0 Å². The Labute approximate surface area is 181 Å². The Hall–Kier alpha value is -1.67. The maximum Gasteiger partial charge on any atom is 0.153 e. The van der Waals surface area contributed by atoms with Crippen LogP contribution in [-0.4, -0.2) is 46.2 Å². The summed E-state index contributed by atoms with van der Waals surface area (Å²) >= 11 is 12.6. The third kappa shape index (κ3) is 4.28. The predicted molar refractivity (Wildman–Crippen MR) is 119 cm³/mol. The van der Waals surface area contributed by atoms with Gasteiger partial charge in [-0.05, 0) is 38.2 Å². The van der Waals surface area contributed by atoms with Gasteiger partial charge in [0.2, 0.25) is 0 Å². The van der Waals surface area contributed by atoms with Gasteiger partial charge in [0, 0.05) is 31.7 Å². The molecule has 158 valence electrons. The van der Waals surface area contributed by atoms with Gasteiger partial charge in [-0.2, -0.15) is 0 Å². The molecule has 3 rings (SSSR count). The lowest BCUT2D eigenvalue weighted by atomic mass is 9.75. The summed E-state index contributed by atoms with van der Waals surface area (Å²) in [6.45, 7) is 7.61. The van der Waals surface area contributed by atoms with Crippen LogP contribution in [0, 0.1) is 12.3 Å². The van der Waals surface area contributed by atoms with E-state index in [0.717, 1.165) is 25.9 Å². The van der Waals surface area contributed by atoms with Crippen molar-refractivity contribution < 1.29 is 5.11 Å². The Morgan fingerprint density at radius 3 is 2.48 bits per heavy atom. The van der Waals surface area contributed by atoms with Gasteiger partial charge < -0.3 is 21.1 Å². The van der Waals surface area contributed by atoms with Crippen LogP contribution in [0.15, 0.2) is 6.07 Å². The molecular weight excluding hydrogens is 411 g/mol. The average Bonchev–Trinajstić information content (AvgIpc) is 2.70. The Morgan fingerprint density at radius 2 is 1.93 bits per heavy atom. The normalized spacial score (nSPS) is 17.3. The topological polar surface area (TPSA) is 100 Å². The molecule has 0 saturated carbocycles. The van der Waals surface area contributed by atoms with Gasteiger partial charge in [0.15, 0.2) is 11.0 Å². The number of aliphatic hydroxyl groups excluding tert-OH is 1. The highest BCUT2D eigenvalue weighted by Gasteiger charge is 2.34. The van der Waals surface area contributed by atoms with Crippen molar-refractivity contribution in [1.82, 2.24) is 15.0 Å². The van der Waals surface area contributed by atoms with Gasteiger partial charge in [-0.1, -0.05) is 30.1 Å². The molecule has 0 bridgehead atoms. The molecule has 1 aliphatic heterocycles. The van der Waals surface area contributed by atoms with E-state index < -0.39 is 0 Å². The zero-order chi connectivity index (χ0) is 21.3. The maximum absolute atomic E-state index is 9.99. The third-order valence-electron chi connectivity index (χ3n) is 6.00. The summed E-state index contributed by atoms with van der Waals surface area (Å²) in [5.41, 5.74) is 8.74. The number of aromatic nitrogens is 3. The molecule has 1 saturated heterocycles. The standard InChI is InChI=1S/C20H28Cl2N6O/c1-11-17(13-9-15(24-4)27-18(22)16(13)21)26-14(10-29)19(25-11)28-7-5-20(3,6-8-28)12(2)23/h9,12,29H,5-8,10,23H2,1-4H3,(H,24,27). The molecule has 1 fully saturated rings. The number of rotatable bonds is 5. The molecular formula is C20H28Cl2N6O. The fourth-order valence-corrected chi connectivity index (χ4v) is 4.02. The molecule has 1 unspecified atom stereocenters. The first kappa shape index (κ1) is 22.0. The van der Waals surface area contributed by atoms with Crippen LogP contribution in [0.5, 0.6) is 0 Å². The molecule has 0 radical (unpaired) electrons. The summed E-state index contributed by atoms with van der Waals surface area (Å²) in [4.78, 5) is 15.9. The number of nitrogens with zero attached hydrogens (tertiary/aromatic N) is 4. The van der Waals surface area contributed by atoms with Gasteiger partial charge in [-0.3, -0.25) is 0 Å². The highest BCUT2D eigenvalue weighted by atomic mass is 35.5. The summed E-state index contributed by atoms with van der Waals surface area (Å²) in [6.07, 6.45) is 1.94. The van der Waals surface area contributed by atoms with E-state index in [0.29, 0.717) is 39.3 Å². The Bertz CT molecular complexity index is 897. The highest BCUT2D eigenvalue weighted by Crippen LogP contribution is 2.38. The van der Waals surface area contributed by atoms with Crippen LogP contribution in [0.4, 0.5) is 11.6 Å². The van der Waals surface area contributed by atoms with Crippen LogP contribution in [0.3, 0.4) is 0 Å². The second-order valence-electron chi connectivity index (χ2n) is 7.93. The molecule has 0 amide bonds. The smallest absolute Gasteiger partial charge is 0.153 e. The quantitative estimate of drug-likeness (QED) is 0.612. The van der Waals surface area contributed by atoms with Crippen molar-refractivity contribution in [2.45, 2.75) is 46.3 Å². The summed E-state index contributed by atoms with van der Waals surface area (Å²) in [7, 11) is 1.75. The Morgan fingerprint density at radius 1 is 1.28 bits per heavy atom. The minimum Gasteiger partial charge on any atom is -0.390 e. The van der Waals surface area contributed by atoms with Gasteiger partial charge in [0.1, 0.15) is 11.5 Å². The first-order valence-corrected chi connectivity index (χ1v) is 10.5. The zero-order valence-electron chi connectivity index (χ0n) is 17.3. The summed E-state index contributed by atoms with van der Waals surface area (Å²) in [5, 5.41) is 13.5. The lowest BCUT2D eigenvalue weighted by molar-refractivity contribution is 0.204. The average molecular weight is 439 g/mol. The SMILES string of the molecule is CNc1cc(-c2nc(CO)c(N3CCC(C)(C(C)N)CC3)nc2C)c(Cl)c(Cl)n1. The van der Waals surface area contributed by atoms with Crippen LogP contribution >= 0.6 is 23.2 Å². The molecule has 4 N–H and O–H groups in total. The van der Waals surface area contributed by atoms with Gasteiger partial charge >= 0.3 is 0 Å². The maximum atomic E-state index is 9.99. The number of pyridine rings is 1. The van der Waals surface area contributed by atoms with Gasteiger partial charge in [0.05, 0.1) is 23.0 Å². The van der Waals surface area contributed by atoms with Crippen molar-refractivity contribution in [2.24, 2.45) is 11.1 Å². The molecule has 1 aliphatic rings. The largest absolute Gasteiger partial charge is 0.390 e. The van der Waals surface area contributed by atoms with Crippen molar-refractivity contribution in [3.8, 4) is 11.3 Å². The Balaban J connectivity index is 1.99. The summed E-state index contributed by atoms with van der Waals surface area (Å²) in [5.74, 6) is 1.29. The molecule has 0 aliphatic carbocycles. The second-order valence-corrected chi connectivity index (χ2v) is 8.66. The van der Waals surface area contributed by atoms with Crippen molar-refractivity contribution in [1.29, 1.82) is 0 Å². The number of piperidine rings is 1. The number of halogens is 2. The highest BCUT2D eigenvalue weighted by molar-refractivity contribution is 6.43. The molecule has 7 nitrogen and oxygen atoms in total. The van der Waals surface area contributed by atoms with Gasteiger partial charge in [0.25, 0.3) is 0 Å². The first-order valence-electron chi connectivity index (χ1n) is 9.73. The number of aryl methyl sites for hydroxylation is 1. The molecule has 2 aromatic heterocycles. The second kappa shape index (κ2) is 8.60. The van der Waals surface area contributed by atoms with Gasteiger partial charge in [-0.25, -0.2) is 15.0 Å². The van der Waals surface area contributed by atoms with E-state index in [-0.39, 0.29) is 23.2 Å². The van der Waals surface area contributed by atoms with E-state index >= 15 is 0 Å². The van der Waals surface area contributed by atoms with E-state index in [4.69, 9.17) is 38.9 Å². The van der Waals surface area contributed by atoms with Crippen molar-refractivity contribution in [3.05, 3.63) is 27.6 Å². The minimum absolute atomic E-state index is 0.114. The van der Waals surface area contributed by atoms with Crippen molar-refractivity contribution in [3.63, 3.8) is 0 Å². The molecule has 9 heteroatoms. The predicted octanol–water partition coefficient (Wildman–Crippen LogP) is 3.64. The van der Waals surface area contributed by atoms with E-state index in [1.54, 1.807) is 13.1 Å². The lowest BCUT2D eigenvalue weighted by Gasteiger charge is -2.42. The fraction of sp³-hybridized carbons (Fsp3) is 0.550. The number of aliphatic hydroxyl groups is 1. The zero-order valence-corrected chi connectivity index (χ0v) is 18.8. The molecule has 0 aromatic carbocycles. The molecule has 2 aromatic rings. The molecule has 3 heterocycles. The van der Waals surface area contributed by atoms with Gasteiger partial charge in [-0.15, -0.1) is 0 Å². The first-order chi connectivity index (χ1) is 13.7. The monoisotopic (exact) mass is 438 g/mol. The van der Waals surface area contributed by atoms with E-state index in [2.05, 4.69) is 29.0 Å². The van der Waals surface area contributed by atoms with Crippen molar-refractivity contribution in [2.75, 3.05) is 30.4 Å². The number of nitrogens with two attached hydrogens (primary N) is 1. The lowest BCUT2D eigenvalue weighted by Crippen LogP contribution is -2.47.